The van der Waals surface area contributed by atoms with Crippen LogP contribution in [0.5, 0.6) is 0 Å². The van der Waals surface area contributed by atoms with Crippen molar-refractivity contribution in [3.63, 3.8) is 0 Å². The Morgan fingerprint density at radius 3 is 2.35 bits per heavy atom. The Bertz CT molecular complexity index is 440. The molecule has 2 aliphatic heterocycles. The molecule has 1 aliphatic carbocycles. The Morgan fingerprint density at radius 1 is 1.05 bits per heavy atom. The Hall–Kier alpha value is -1.04. The van der Waals surface area contributed by atoms with Gasteiger partial charge in [0.15, 0.2) is 0 Å². The number of carbonyl (C=O) groups excluding carboxylic acids is 3. The van der Waals surface area contributed by atoms with Gasteiger partial charge in [0.25, 0.3) is 0 Å². The average molecular weight is 296 g/mol. The molecule has 5 nitrogen and oxygen atoms in total. The van der Waals surface area contributed by atoms with E-state index in [1.165, 1.54) is 4.90 Å². The van der Waals surface area contributed by atoms with Gasteiger partial charge < -0.3 is 0 Å². The fraction of sp³-hybridized carbons (Fsp3) is 0.786. The van der Waals surface area contributed by atoms with Gasteiger partial charge in [0, 0.05) is 6.04 Å². The lowest BCUT2D eigenvalue weighted by molar-refractivity contribution is -0.155. The lowest BCUT2D eigenvalue weighted by atomic mass is 9.71. The zero-order chi connectivity index (χ0) is 14.2. The molecule has 0 aromatic heterocycles. The van der Waals surface area contributed by atoms with E-state index in [9.17, 15) is 14.4 Å². The molecule has 1 spiro atoms. The van der Waals surface area contributed by atoms with Crippen molar-refractivity contribution in [3.8, 4) is 0 Å². The first-order valence-corrected chi connectivity index (χ1v) is 8.57. The zero-order valence-corrected chi connectivity index (χ0v) is 12.3. The van der Waals surface area contributed by atoms with Gasteiger partial charge in [0.2, 0.25) is 11.8 Å². The minimum absolute atomic E-state index is 0.0318. The maximum absolute atomic E-state index is 12.9. The van der Waals surface area contributed by atoms with Crippen LogP contribution < -0.4 is 5.32 Å². The van der Waals surface area contributed by atoms with Crippen molar-refractivity contribution in [2.45, 2.75) is 51.0 Å². The number of nitrogens with zero attached hydrogens (tertiary/aromatic N) is 1. The molecule has 110 valence electrons. The fourth-order valence-corrected chi connectivity index (χ4v) is 4.65. The minimum Gasteiger partial charge on any atom is -0.277 e. The molecular formula is C14H20N2O3S. The van der Waals surface area contributed by atoms with Crippen LogP contribution in [0, 0.1) is 5.41 Å². The molecule has 20 heavy (non-hydrogen) atoms. The van der Waals surface area contributed by atoms with Crippen molar-refractivity contribution in [3.05, 3.63) is 0 Å². The standard InChI is InChI=1S/C14H20N2O3S/c17-11-14(6-2-1-3-7-14)12(18)16(13(19)15-11)10-4-8-20-9-5-10/h10H,1-9H2,(H,15,17,19). The van der Waals surface area contributed by atoms with Gasteiger partial charge in [-0.25, -0.2) is 4.79 Å². The number of barbiturate groups is 1. The number of amides is 4. The molecule has 0 unspecified atom stereocenters. The summed E-state index contributed by atoms with van der Waals surface area (Å²) >= 11 is 1.86. The predicted molar refractivity (Wildman–Crippen MR) is 76.2 cm³/mol. The molecule has 2 saturated heterocycles. The molecule has 3 aliphatic rings. The third-order valence-electron chi connectivity index (χ3n) is 4.77. The highest BCUT2D eigenvalue weighted by Crippen LogP contribution is 2.41. The van der Waals surface area contributed by atoms with E-state index in [4.69, 9.17) is 0 Å². The van der Waals surface area contributed by atoms with Crippen LogP contribution in [0.3, 0.4) is 0 Å². The summed E-state index contributed by atoms with van der Waals surface area (Å²) in [7, 11) is 0. The van der Waals surface area contributed by atoms with Gasteiger partial charge in [-0.2, -0.15) is 11.8 Å². The smallest absolute Gasteiger partial charge is 0.277 e. The van der Waals surface area contributed by atoms with E-state index in [0.717, 1.165) is 43.6 Å². The van der Waals surface area contributed by atoms with Gasteiger partial charge >= 0.3 is 6.03 Å². The second-order valence-corrected chi connectivity index (χ2v) is 7.15. The second-order valence-electron chi connectivity index (χ2n) is 5.92. The molecule has 0 aromatic carbocycles. The normalized spacial score (nSPS) is 27.8. The van der Waals surface area contributed by atoms with E-state index >= 15 is 0 Å². The molecule has 4 amide bonds. The summed E-state index contributed by atoms with van der Waals surface area (Å²) in [6.45, 7) is 0. The van der Waals surface area contributed by atoms with E-state index in [0.29, 0.717) is 12.8 Å². The molecule has 0 radical (unpaired) electrons. The molecule has 2 heterocycles. The van der Waals surface area contributed by atoms with Gasteiger partial charge in [-0.05, 0) is 37.2 Å². The quantitative estimate of drug-likeness (QED) is 0.751. The zero-order valence-electron chi connectivity index (χ0n) is 11.5. The van der Waals surface area contributed by atoms with E-state index in [-0.39, 0.29) is 17.9 Å². The first kappa shape index (κ1) is 13.9. The highest BCUT2D eigenvalue weighted by Gasteiger charge is 2.55. The molecule has 1 saturated carbocycles. The third kappa shape index (κ3) is 2.14. The first-order valence-electron chi connectivity index (χ1n) is 7.42. The number of carbonyl (C=O) groups is 3. The summed E-state index contributed by atoms with van der Waals surface area (Å²) in [5, 5.41) is 2.44. The molecule has 0 atom stereocenters. The number of rotatable bonds is 1. The highest BCUT2D eigenvalue weighted by atomic mass is 32.2. The van der Waals surface area contributed by atoms with Crippen molar-refractivity contribution < 1.29 is 14.4 Å². The van der Waals surface area contributed by atoms with Crippen LogP contribution in [0.15, 0.2) is 0 Å². The van der Waals surface area contributed by atoms with E-state index in [2.05, 4.69) is 5.32 Å². The van der Waals surface area contributed by atoms with E-state index in [1.807, 2.05) is 11.8 Å². The summed E-state index contributed by atoms with van der Waals surface area (Å²) in [4.78, 5) is 38.6. The summed E-state index contributed by atoms with van der Waals surface area (Å²) in [5.74, 6) is 1.35. The van der Waals surface area contributed by atoms with Crippen LogP contribution in [0.25, 0.3) is 0 Å². The predicted octanol–water partition coefficient (Wildman–Crippen LogP) is 1.91. The Labute approximate surface area is 122 Å². The second kappa shape index (κ2) is 5.39. The number of imide groups is 2. The van der Waals surface area contributed by atoms with Crippen molar-refractivity contribution in [1.82, 2.24) is 10.2 Å². The largest absolute Gasteiger partial charge is 0.331 e. The van der Waals surface area contributed by atoms with Crippen LogP contribution in [0.1, 0.15) is 44.9 Å². The monoisotopic (exact) mass is 296 g/mol. The topological polar surface area (TPSA) is 66.5 Å². The number of hydrogen-bond acceptors (Lipinski definition) is 4. The van der Waals surface area contributed by atoms with Gasteiger partial charge in [-0.1, -0.05) is 19.3 Å². The van der Waals surface area contributed by atoms with Crippen molar-refractivity contribution >= 4 is 29.6 Å². The maximum atomic E-state index is 12.9. The van der Waals surface area contributed by atoms with Gasteiger partial charge in [0.05, 0.1) is 0 Å². The number of nitrogens with one attached hydrogen (secondary N) is 1. The van der Waals surface area contributed by atoms with Crippen molar-refractivity contribution in [2.75, 3.05) is 11.5 Å². The highest BCUT2D eigenvalue weighted by molar-refractivity contribution is 7.99. The number of urea groups is 1. The summed E-state index contributed by atoms with van der Waals surface area (Å²) < 4.78 is 0. The van der Waals surface area contributed by atoms with Crippen molar-refractivity contribution in [1.29, 1.82) is 0 Å². The number of thioether (sulfide) groups is 1. The Morgan fingerprint density at radius 2 is 1.70 bits per heavy atom. The lowest BCUT2D eigenvalue weighted by Gasteiger charge is -2.44. The molecule has 6 heteroatoms. The van der Waals surface area contributed by atoms with Crippen molar-refractivity contribution in [2.24, 2.45) is 5.41 Å². The molecule has 3 fully saturated rings. The van der Waals surface area contributed by atoms with Gasteiger partial charge in [-0.3, -0.25) is 19.8 Å². The maximum Gasteiger partial charge on any atom is 0.331 e. The van der Waals surface area contributed by atoms with E-state index in [1.54, 1.807) is 0 Å². The summed E-state index contributed by atoms with van der Waals surface area (Å²) in [6, 6.07) is -0.538. The first-order chi connectivity index (χ1) is 9.65. The average Bonchev–Trinajstić information content (AvgIpc) is 2.48. The summed E-state index contributed by atoms with van der Waals surface area (Å²) in [5.41, 5.74) is -0.962. The van der Waals surface area contributed by atoms with Crippen LogP contribution in [-0.4, -0.2) is 40.3 Å². The SMILES string of the molecule is O=C1NC(=O)C2(CCCCC2)C(=O)N1C1CCSCC1. The fourth-order valence-electron chi connectivity index (χ4n) is 3.57. The Kier molecular flexibility index (Phi) is 3.75. The Balaban J connectivity index is 1.88. The van der Waals surface area contributed by atoms with Crippen LogP contribution in [0.2, 0.25) is 0 Å². The van der Waals surface area contributed by atoms with Crippen LogP contribution in [0.4, 0.5) is 4.79 Å². The van der Waals surface area contributed by atoms with Gasteiger partial charge in [0.1, 0.15) is 5.41 Å². The molecule has 0 aromatic rings. The molecule has 3 rings (SSSR count). The van der Waals surface area contributed by atoms with Gasteiger partial charge in [-0.15, -0.1) is 0 Å². The molecule has 1 N–H and O–H groups in total. The third-order valence-corrected chi connectivity index (χ3v) is 5.81. The number of hydrogen-bond donors (Lipinski definition) is 1. The minimum atomic E-state index is -0.962. The lowest BCUT2D eigenvalue weighted by Crippen LogP contribution is -2.66. The summed E-state index contributed by atoms with van der Waals surface area (Å²) in [6.07, 6.45) is 5.70. The molecule has 0 bridgehead atoms. The molecular weight excluding hydrogens is 276 g/mol. The van der Waals surface area contributed by atoms with Crippen LogP contribution in [-0.2, 0) is 9.59 Å². The van der Waals surface area contributed by atoms with E-state index < -0.39 is 11.4 Å². The van der Waals surface area contributed by atoms with Crippen LogP contribution >= 0.6 is 11.8 Å².